The number of carbonyl (C=O) groups excluding carboxylic acids is 1. The molecule has 0 spiro atoms. The molecule has 15 heavy (non-hydrogen) atoms. The lowest BCUT2D eigenvalue weighted by molar-refractivity contribution is -0.133. The molecule has 1 aliphatic heterocycles. The molecule has 0 saturated carbocycles. The number of piperazine rings is 1. The number of carbonyl (C=O) groups is 1. The van der Waals surface area contributed by atoms with Gasteiger partial charge in [-0.15, -0.1) is 0 Å². The van der Waals surface area contributed by atoms with Gasteiger partial charge in [-0.05, 0) is 20.8 Å². The van der Waals surface area contributed by atoms with Crippen LogP contribution in [0.4, 0.5) is 0 Å². The van der Waals surface area contributed by atoms with Gasteiger partial charge in [-0.1, -0.05) is 0 Å². The third kappa shape index (κ3) is 4.62. The van der Waals surface area contributed by atoms with Gasteiger partial charge in [0.05, 0.1) is 19.1 Å². The monoisotopic (exact) mass is 214 g/mol. The van der Waals surface area contributed by atoms with Crippen LogP contribution < -0.4 is 5.32 Å². The molecule has 1 N–H and O–H groups in total. The third-order valence-corrected chi connectivity index (χ3v) is 2.49. The highest BCUT2D eigenvalue weighted by Crippen LogP contribution is 2.02. The molecule has 1 fully saturated rings. The summed E-state index contributed by atoms with van der Waals surface area (Å²) < 4.78 is 5.37. The Morgan fingerprint density at radius 3 is 2.93 bits per heavy atom. The molecule has 1 atom stereocenters. The Balaban J connectivity index is 2.21. The van der Waals surface area contributed by atoms with Crippen LogP contribution in [-0.2, 0) is 9.53 Å². The molecular weight excluding hydrogens is 192 g/mol. The van der Waals surface area contributed by atoms with Gasteiger partial charge in [0.1, 0.15) is 0 Å². The smallest absolute Gasteiger partial charge is 0.224 e. The normalized spacial score (nSPS) is 22.1. The summed E-state index contributed by atoms with van der Waals surface area (Å²) in [6, 6.07) is 0.411. The molecule has 4 nitrogen and oxygen atoms in total. The number of amides is 1. The highest BCUT2D eigenvalue weighted by atomic mass is 16.5. The van der Waals surface area contributed by atoms with Crippen LogP contribution in [0, 0.1) is 0 Å². The van der Waals surface area contributed by atoms with E-state index in [9.17, 15) is 4.79 Å². The summed E-state index contributed by atoms with van der Waals surface area (Å²) in [5, 5.41) is 3.32. The van der Waals surface area contributed by atoms with E-state index in [1.165, 1.54) is 0 Å². The third-order valence-electron chi connectivity index (χ3n) is 2.49. The van der Waals surface area contributed by atoms with E-state index in [2.05, 4.69) is 12.2 Å². The van der Waals surface area contributed by atoms with Crippen LogP contribution in [0.3, 0.4) is 0 Å². The van der Waals surface area contributed by atoms with Gasteiger partial charge < -0.3 is 15.0 Å². The SMILES string of the molecule is CC(C)OCCC(=O)N1CCN[C@H](C)C1. The molecule has 1 rings (SSSR count). The second-order valence-electron chi connectivity index (χ2n) is 4.36. The molecule has 1 aliphatic rings. The highest BCUT2D eigenvalue weighted by molar-refractivity contribution is 5.76. The molecule has 0 aromatic heterocycles. The fourth-order valence-electron chi connectivity index (χ4n) is 1.70. The first kappa shape index (κ1) is 12.5. The summed E-state index contributed by atoms with van der Waals surface area (Å²) in [7, 11) is 0. The van der Waals surface area contributed by atoms with E-state index in [1.807, 2.05) is 18.7 Å². The van der Waals surface area contributed by atoms with Crippen molar-refractivity contribution in [2.75, 3.05) is 26.2 Å². The summed E-state index contributed by atoms with van der Waals surface area (Å²) in [6.07, 6.45) is 0.713. The van der Waals surface area contributed by atoms with Crippen LogP contribution >= 0.6 is 0 Å². The van der Waals surface area contributed by atoms with Crippen molar-refractivity contribution in [3.8, 4) is 0 Å². The van der Waals surface area contributed by atoms with Gasteiger partial charge in [-0.2, -0.15) is 0 Å². The van der Waals surface area contributed by atoms with Gasteiger partial charge in [-0.3, -0.25) is 4.79 Å². The van der Waals surface area contributed by atoms with Gasteiger partial charge in [0.2, 0.25) is 5.91 Å². The Bertz CT molecular complexity index is 207. The van der Waals surface area contributed by atoms with E-state index < -0.39 is 0 Å². The largest absolute Gasteiger partial charge is 0.378 e. The summed E-state index contributed by atoms with van der Waals surface area (Å²) >= 11 is 0. The van der Waals surface area contributed by atoms with Crippen molar-refractivity contribution >= 4 is 5.91 Å². The Kier molecular flexibility index (Phi) is 5.05. The minimum atomic E-state index is 0.208. The number of hydrogen-bond donors (Lipinski definition) is 1. The maximum absolute atomic E-state index is 11.7. The maximum Gasteiger partial charge on any atom is 0.224 e. The van der Waals surface area contributed by atoms with Crippen molar-refractivity contribution in [1.29, 1.82) is 0 Å². The van der Waals surface area contributed by atoms with Gasteiger partial charge in [0, 0.05) is 25.7 Å². The lowest BCUT2D eigenvalue weighted by Crippen LogP contribution is -2.51. The van der Waals surface area contributed by atoms with Crippen molar-refractivity contribution in [2.24, 2.45) is 0 Å². The summed E-state index contributed by atoms with van der Waals surface area (Å²) in [4.78, 5) is 13.7. The molecule has 0 unspecified atom stereocenters. The predicted molar refractivity (Wildman–Crippen MR) is 59.7 cm³/mol. The van der Waals surface area contributed by atoms with Crippen molar-refractivity contribution in [3.63, 3.8) is 0 Å². The maximum atomic E-state index is 11.7. The van der Waals surface area contributed by atoms with Crippen LogP contribution in [0.25, 0.3) is 0 Å². The summed E-state index contributed by atoms with van der Waals surface area (Å²) in [6.45, 7) is 9.15. The van der Waals surface area contributed by atoms with Gasteiger partial charge in [0.15, 0.2) is 0 Å². The number of ether oxygens (including phenoxy) is 1. The summed E-state index contributed by atoms with van der Waals surface area (Å²) in [5.74, 6) is 0.212. The number of hydrogen-bond acceptors (Lipinski definition) is 3. The second kappa shape index (κ2) is 6.08. The highest BCUT2D eigenvalue weighted by Gasteiger charge is 2.19. The van der Waals surface area contributed by atoms with Crippen LogP contribution in [0.2, 0.25) is 0 Å². The Hall–Kier alpha value is -0.610. The lowest BCUT2D eigenvalue weighted by Gasteiger charge is -2.32. The van der Waals surface area contributed by atoms with Gasteiger partial charge >= 0.3 is 0 Å². The average Bonchev–Trinajstić information content (AvgIpc) is 2.17. The minimum absolute atomic E-state index is 0.208. The van der Waals surface area contributed by atoms with Crippen LogP contribution in [0.1, 0.15) is 27.2 Å². The number of rotatable bonds is 4. The van der Waals surface area contributed by atoms with Crippen molar-refractivity contribution < 1.29 is 9.53 Å². The predicted octanol–water partition coefficient (Wildman–Crippen LogP) is 0.622. The van der Waals surface area contributed by atoms with E-state index in [-0.39, 0.29) is 12.0 Å². The minimum Gasteiger partial charge on any atom is -0.378 e. The van der Waals surface area contributed by atoms with Gasteiger partial charge in [-0.25, -0.2) is 0 Å². The first-order chi connectivity index (χ1) is 7.09. The zero-order valence-corrected chi connectivity index (χ0v) is 9.95. The second-order valence-corrected chi connectivity index (χ2v) is 4.36. The first-order valence-electron chi connectivity index (χ1n) is 5.72. The van der Waals surface area contributed by atoms with E-state index in [1.54, 1.807) is 0 Å². The molecule has 0 aliphatic carbocycles. The van der Waals surface area contributed by atoms with E-state index in [0.29, 0.717) is 19.1 Å². The molecular formula is C11H22N2O2. The molecule has 1 amide bonds. The zero-order chi connectivity index (χ0) is 11.3. The Labute approximate surface area is 92.0 Å². The molecule has 0 aromatic carbocycles. The Morgan fingerprint density at radius 2 is 2.33 bits per heavy atom. The number of nitrogens with zero attached hydrogens (tertiary/aromatic N) is 1. The van der Waals surface area contributed by atoms with E-state index >= 15 is 0 Å². The van der Waals surface area contributed by atoms with E-state index in [4.69, 9.17) is 4.74 Å². The zero-order valence-electron chi connectivity index (χ0n) is 9.95. The number of nitrogens with one attached hydrogen (secondary N) is 1. The lowest BCUT2D eigenvalue weighted by atomic mass is 10.2. The average molecular weight is 214 g/mol. The van der Waals surface area contributed by atoms with Crippen LogP contribution in [0.15, 0.2) is 0 Å². The molecule has 4 heteroatoms. The first-order valence-corrected chi connectivity index (χ1v) is 5.72. The molecule has 0 aromatic rings. The fourth-order valence-corrected chi connectivity index (χ4v) is 1.70. The van der Waals surface area contributed by atoms with Crippen LogP contribution in [-0.4, -0.2) is 49.2 Å². The van der Waals surface area contributed by atoms with E-state index in [0.717, 1.165) is 19.6 Å². The molecule has 0 radical (unpaired) electrons. The quantitative estimate of drug-likeness (QED) is 0.746. The fraction of sp³-hybridized carbons (Fsp3) is 0.909. The van der Waals surface area contributed by atoms with Crippen molar-refractivity contribution in [3.05, 3.63) is 0 Å². The summed E-state index contributed by atoms with van der Waals surface area (Å²) in [5.41, 5.74) is 0. The van der Waals surface area contributed by atoms with Crippen LogP contribution in [0.5, 0.6) is 0 Å². The topological polar surface area (TPSA) is 41.6 Å². The molecule has 1 heterocycles. The van der Waals surface area contributed by atoms with Crippen molar-refractivity contribution in [2.45, 2.75) is 39.3 Å². The Morgan fingerprint density at radius 1 is 1.60 bits per heavy atom. The molecule has 1 saturated heterocycles. The van der Waals surface area contributed by atoms with Crippen molar-refractivity contribution in [1.82, 2.24) is 10.2 Å². The molecule has 0 bridgehead atoms. The molecule has 88 valence electrons. The standard InChI is InChI=1S/C11H22N2O2/c1-9(2)15-7-4-11(14)13-6-5-12-10(3)8-13/h9-10,12H,4-8H2,1-3H3/t10-/m1/s1. The van der Waals surface area contributed by atoms with Gasteiger partial charge in [0.25, 0.3) is 0 Å².